The molecule has 1 saturated heterocycles. The van der Waals surface area contributed by atoms with Crippen molar-refractivity contribution in [3.63, 3.8) is 0 Å². The van der Waals surface area contributed by atoms with Crippen molar-refractivity contribution in [1.82, 2.24) is 9.97 Å². The Balaban J connectivity index is 1.98. The Hall–Kier alpha value is -1.65. The van der Waals surface area contributed by atoms with E-state index < -0.39 is 0 Å². The molecule has 3 rings (SSSR count). The summed E-state index contributed by atoms with van der Waals surface area (Å²) in [5, 5.41) is 0. The molecule has 2 N–H and O–H groups in total. The number of carbonyl (C=O) groups is 1. The second-order valence-electron chi connectivity index (χ2n) is 8.02. The summed E-state index contributed by atoms with van der Waals surface area (Å²) in [6.07, 6.45) is 2.54. The molecule has 1 aromatic heterocycles. The van der Waals surface area contributed by atoms with Crippen molar-refractivity contribution in [2.24, 2.45) is 17.3 Å². The highest BCUT2D eigenvalue weighted by Crippen LogP contribution is 2.36. The third kappa shape index (κ3) is 2.81. The summed E-state index contributed by atoms with van der Waals surface area (Å²) in [6.45, 7) is 10.7. The summed E-state index contributed by atoms with van der Waals surface area (Å²) in [5.74, 6) is 2.38. The van der Waals surface area contributed by atoms with Gasteiger partial charge in [0.05, 0.1) is 11.3 Å². The number of hydrogen-bond donors (Lipinski definition) is 1. The van der Waals surface area contributed by atoms with E-state index in [1.165, 1.54) is 6.42 Å². The van der Waals surface area contributed by atoms with Crippen molar-refractivity contribution in [2.75, 3.05) is 23.7 Å². The van der Waals surface area contributed by atoms with Crippen molar-refractivity contribution in [2.45, 2.75) is 47.0 Å². The number of nitrogens with zero attached hydrogens (tertiary/aromatic N) is 3. The third-order valence-electron chi connectivity index (χ3n) is 4.72. The van der Waals surface area contributed by atoms with Crippen LogP contribution in [-0.2, 0) is 6.42 Å². The van der Waals surface area contributed by atoms with Gasteiger partial charge in [-0.05, 0) is 30.1 Å². The molecule has 2 aliphatic rings. The molecule has 1 aliphatic carbocycles. The molecule has 2 heterocycles. The van der Waals surface area contributed by atoms with Crippen molar-refractivity contribution in [1.29, 1.82) is 0 Å². The van der Waals surface area contributed by atoms with Crippen molar-refractivity contribution >= 4 is 17.5 Å². The highest BCUT2D eigenvalue weighted by molar-refractivity contribution is 6.02. The molecule has 22 heavy (non-hydrogen) atoms. The summed E-state index contributed by atoms with van der Waals surface area (Å²) >= 11 is 0. The van der Waals surface area contributed by atoms with Crippen molar-refractivity contribution < 1.29 is 4.79 Å². The number of piperidine rings is 1. The fourth-order valence-corrected chi connectivity index (χ4v) is 3.95. The smallest absolute Gasteiger partial charge is 0.227 e. The van der Waals surface area contributed by atoms with Crippen molar-refractivity contribution in [3.8, 4) is 0 Å². The first-order valence-electron chi connectivity index (χ1n) is 8.20. The average Bonchev–Trinajstić information content (AvgIpc) is 2.34. The minimum absolute atomic E-state index is 0.0510. The fraction of sp³-hybridized carbons (Fsp3) is 0.706. The number of nitrogen functional groups attached to an aromatic ring is 1. The zero-order chi connectivity index (χ0) is 16.1. The lowest BCUT2D eigenvalue weighted by molar-refractivity contribution is 0.0911. The van der Waals surface area contributed by atoms with Gasteiger partial charge in [-0.3, -0.25) is 4.79 Å². The lowest BCUT2D eigenvalue weighted by atomic mass is 9.76. The van der Waals surface area contributed by atoms with Crippen LogP contribution in [0.3, 0.4) is 0 Å². The molecule has 5 nitrogen and oxygen atoms in total. The third-order valence-corrected chi connectivity index (χ3v) is 4.72. The molecule has 2 atom stereocenters. The number of hydrogen-bond acceptors (Lipinski definition) is 5. The first-order valence-corrected chi connectivity index (χ1v) is 8.20. The number of rotatable bonds is 1. The maximum atomic E-state index is 12.3. The molecule has 2 unspecified atom stereocenters. The molecule has 0 bridgehead atoms. The highest BCUT2D eigenvalue weighted by Gasteiger charge is 2.35. The summed E-state index contributed by atoms with van der Waals surface area (Å²) in [7, 11) is 0. The SMILES string of the molecule is CC1CC(C)CN(c2nc(N)c3c(n2)CC(C)(C)CC3=O)C1. The van der Waals surface area contributed by atoms with Gasteiger partial charge in [0.25, 0.3) is 0 Å². The molecule has 0 spiro atoms. The van der Waals surface area contributed by atoms with Gasteiger partial charge in [-0.25, -0.2) is 4.98 Å². The zero-order valence-corrected chi connectivity index (χ0v) is 14.0. The molecule has 1 fully saturated rings. The number of aromatic nitrogens is 2. The maximum absolute atomic E-state index is 12.3. The van der Waals surface area contributed by atoms with Gasteiger partial charge in [0.2, 0.25) is 5.95 Å². The van der Waals surface area contributed by atoms with Crippen LogP contribution in [0.2, 0.25) is 0 Å². The molecule has 0 amide bonds. The van der Waals surface area contributed by atoms with Crippen LogP contribution in [0.15, 0.2) is 0 Å². The summed E-state index contributed by atoms with van der Waals surface area (Å²) in [6, 6.07) is 0. The molecule has 5 heteroatoms. The number of ketones is 1. The standard InChI is InChI=1S/C17H26N4O/c1-10-5-11(2)9-21(8-10)16-19-12-6-17(3,4)7-13(22)14(12)15(18)20-16/h10-11H,5-9H2,1-4H3,(H2,18,19,20). The molecular weight excluding hydrogens is 276 g/mol. The van der Waals surface area contributed by atoms with Gasteiger partial charge in [0, 0.05) is 19.5 Å². The minimum Gasteiger partial charge on any atom is -0.383 e. The Labute approximate surface area is 132 Å². The van der Waals surface area contributed by atoms with E-state index in [4.69, 9.17) is 10.7 Å². The second kappa shape index (κ2) is 5.21. The molecule has 0 aromatic carbocycles. The first kappa shape index (κ1) is 15.3. The highest BCUT2D eigenvalue weighted by atomic mass is 16.1. The molecule has 1 aliphatic heterocycles. The lowest BCUT2D eigenvalue weighted by Crippen LogP contribution is -2.40. The summed E-state index contributed by atoms with van der Waals surface area (Å²) < 4.78 is 0. The predicted octanol–water partition coefficient (Wildman–Crippen LogP) is 2.70. The van der Waals surface area contributed by atoms with E-state index in [2.05, 4.69) is 37.6 Å². The second-order valence-corrected chi connectivity index (χ2v) is 8.02. The lowest BCUT2D eigenvalue weighted by Gasteiger charge is -2.36. The van der Waals surface area contributed by atoms with Crippen LogP contribution in [0.4, 0.5) is 11.8 Å². The van der Waals surface area contributed by atoms with E-state index in [9.17, 15) is 4.79 Å². The Morgan fingerprint density at radius 2 is 1.77 bits per heavy atom. The van der Waals surface area contributed by atoms with Gasteiger partial charge in [0.15, 0.2) is 5.78 Å². The van der Waals surface area contributed by atoms with Crippen molar-refractivity contribution in [3.05, 3.63) is 11.3 Å². The quantitative estimate of drug-likeness (QED) is 0.863. The van der Waals surface area contributed by atoms with E-state index in [1.807, 2.05) is 0 Å². The zero-order valence-electron chi connectivity index (χ0n) is 14.0. The van der Waals surface area contributed by atoms with E-state index in [0.717, 1.165) is 25.2 Å². The summed E-state index contributed by atoms with van der Waals surface area (Å²) in [4.78, 5) is 23.7. The molecule has 120 valence electrons. The first-order chi connectivity index (χ1) is 10.2. The van der Waals surface area contributed by atoms with E-state index in [-0.39, 0.29) is 11.2 Å². The Morgan fingerprint density at radius 1 is 1.14 bits per heavy atom. The minimum atomic E-state index is -0.0510. The number of fused-ring (bicyclic) bond motifs is 1. The van der Waals surface area contributed by atoms with Crippen LogP contribution in [0, 0.1) is 17.3 Å². The number of nitrogens with two attached hydrogens (primary N) is 1. The van der Waals surface area contributed by atoms with Crippen LogP contribution in [0.25, 0.3) is 0 Å². The normalized spacial score (nSPS) is 27.6. The Morgan fingerprint density at radius 3 is 2.41 bits per heavy atom. The van der Waals surface area contributed by atoms with Gasteiger partial charge in [-0.1, -0.05) is 27.7 Å². The Bertz CT molecular complexity index is 601. The predicted molar refractivity (Wildman–Crippen MR) is 88.0 cm³/mol. The number of anilines is 2. The van der Waals surface area contributed by atoms with Gasteiger partial charge in [-0.15, -0.1) is 0 Å². The van der Waals surface area contributed by atoms with E-state index in [1.54, 1.807) is 0 Å². The van der Waals surface area contributed by atoms with E-state index in [0.29, 0.717) is 35.6 Å². The van der Waals surface area contributed by atoms with Gasteiger partial charge < -0.3 is 10.6 Å². The molecule has 0 radical (unpaired) electrons. The molecule has 1 aromatic rings. The van der Waals surface area contributed by atoms with Gasteiger partial charge >= 0.3 is 0 Å². The van der Waals surface area contributed by atoms with Crippen LogP contribution in [-0.4, -0.2) is 28.8 Å². The Kier molecular flexibility index (Phi) is 3.62. The maximum Gasteiger partial charge on any atom is 0.227 e. The van der Waals surface area contributed by atoms with E-state index >= 15 is 0 Å². The van der Waals surface area contributed by atoms with Crippen LogP contribution in [0.5, 0.6) is 0 Å². The molecule has 0 saturated carbocycles. The largest absolute Gasteiger partial charge is 0.383 e. The van der Waals surface area contributed by atoms with Crippen LogP contribution >= 0.6 is 0 Å². The fourth-order valence-electron chi connectivity index (χ4n) is 3.95. The average molecular weight is 302 g/mol. The van der Waals surface area contributed by atoms with Gasteiger partial charge in [0.1, 0.15) is 5.82 Å². The monoisotopic (exact) mass is 302 g/mol. The molecular formula is C17H26N4O. The topological polar surface area (TPSA) is 72.1 Å². The van der Waals surface area contributed by atoms with Crippen LogP contribution in [0.1, 0.15) is 56.6 Å². The number of Topliss-reactive ketones (excluding diaryl/α,β-unsaturated/α-hetero) is 1. The summed E-state index contributed by atoms with van der Waals surface area (Å²) in [5.41, 5.74) is 7.43. The van der Waals surface area contributed by atoms with Gasteiger partial charge in [-0.2, -0.15) is 4.98 Å². The van der Waals surface area contributed by atoms with Crippen LogP contribution < -0.4 is 10.6 Å². The number of carbonyl (C=O) groups excluding carboxylic acids is 1.